The zero-order valence-corrected chi connectivity index (χ0v) is 18.1. The molecule has 4 bridgehead atoms. The molecule has 7 heteroatoms. The van der Waals surface area contributed by atoms with Crippen molar-refractivity contribution in [2.45, 2.75) is 51.0 Å². The molecular weight excluding hydrogens is 413 g/mol. The maximum absolute atomic E-state index is 12.5. The number of halogens is 2. The van der Waals surface area contributed by atoms with Gasteiger partial charge in [-0.15, -0.1) is 0 Å². The van der Waals surface area contributed by atoms with Gasteiger partial charge in [0, 0.05) is 17.5 Å². The minimum absolute atomic E-state index is 0.0558. The zero-order chi connectivity index (χ0) is 20.6. The molecule has 0 spiro atoms. The van der Waals surface area contributed by atoms with E-state index in [-0.39, 0.29) is 23.3 Å². The molecule has 0 aliphatic heterocycles. The second-order valence-electron chi connectivity index (χ2n) is 8.86. The SMILES string of the molecule is COC(=O)C12CC3CC(C1)C(NC(=O)CCCOc1ccc(Cl)cc1Cl)C(C3)C2. The molecule has 4 saturated carbocycles. The van der Waals surface area contributed by atoms with Crippen LogP contribution in [0.15, 0.2) is 18.2 Å². The first kappa shape index (κ1) is 20.8. The number of nitrogens with one attached hydrogen (secondary N) is 1. The van der Waals surface area contributed by atoms with Crippen LogP contribution >= 0.6 is 23.2 Å². The van der Waals surface area contributed by atoms with Crippen LogP contribution in [0.4, 0.5) is 0 Å². The first-order valence-electron chi connectivity index (χ1n) is 10.4. The van der Waals surface area contributed by atoms with E-state index in [0.717, 1.165) is 32.1 Å². The summed E-state index contributed by atoms with van der Waals surface area (Å²) in [5.41, 5.74) is -0.307. The highest BCUT2D eigenvalue weighted by Gasteiger charge is 2.59. The number of methoxy groups -OCH3 is 1. The van der Waals surface area contributed by atoms with Gasteiger partial charge in [-0.2, -0.15) is 0 Å². The van der Waals surface area contributed by atoms with Gasteiger partial charge in [0.05, 0.1) is 24.2 Å². The van der Waals surface area contributed by atoms with Crippen molar-refractivity contribution in [3.05, 3.63) is 28.2 Å². The van der Waals surface area contributed by atoms with Crippen LogP contribution in [0.3, 0.4) is 0 Å². The van der Waals surface area contributed by atoms with Gasteiger partial charge < -0.3 is 14.8 Å². The molecule has 4 fully saturated rings. The van der Waals surface area contributed by atoms with Crippen molar-refractivity contribution in [3.63, 3.8) is 0 Å². The highest BCUT2D eigenvalue weighted by atomic mass is 35.5. The van der Waals surface area contributed by atoms with E-state index in [1.165, 1.54) is 7.11 Å². The number of hydrogen-bond acceptors (Lipinski definition) is 4. The summed E-state index contributed by atoms with van der Waals surface area (Å²) in [4.78, 5) is 24.9. The molecule has 158 valence electrons. The summed E-state index contributed by atoms with van der Waals surface area (Å²) in [5.74, 6) is 1.94. The van der Waals surface area contributed by atoms with Crippen molar-refractivity contribution in [1.82, 2.24) is 5.32 Å². The smallest absolute Gasteiger partial charge is 0.311 e. The van der Waals surface area contributed by atoms with E-state index in [9.17, 15) is 9.59 Å². The molecule has 4 aliphatic carbocycles. The fourth-order valence-corrected chi connectivity index (χ4v) is 6.45. The molecule has 1 aromatic rings. The van der Waals surface area contributed by atoms with Gasteiger partial charge in [-0.25, -0.2) is 0 Å². The summed E-state index contributed by atoms with van der Waals surface area (Å²) in [6, 6.07) is 5.28. The molecule has 0 heterocycles. The molecule has 1 aromatic carbocycles. The second kappa shape index (κ2) is 8.35. The fraction of sp³-hybridized carbons (Fsp3) is 0.636. The minimum atomic E-state index is -0.307. The molecule has 0 radical (unpaired) electrons. The Balaban J connectivity index is 1.26. The molecule has 0 saturated heterocycles. The van der Waals surface area contributed by atoms with Crippen LogP contribution < -0.4 is 10.1 Å². The molecule has 5 rings (SSSR count). The third kappa shape index (κ3) is 4.22. The van der Waals surface area contributed by atoms with E-state index in [2.05, 4.69) is 5.32 Å². The molecule has 0 aromatic heterocycles. The molecule has 4 aliphatic rings. The van der Waals surface area contributed by atoms with E-state index in [0.29, 0.717) is 53.0 Å². The maximum atomic E-state index is 12.5. The van der Waals surface area contributed by atoms with Gasteiger partial charge in [0.25, 0.3) is 0 Å². The van der Waals surface area contributed by atoms with Gasteiger partial charge >= 0.3 is 5.97 Å². The number of carbonyl (C=O) groups is 2. The Labute approximate surface area is 181 Å². The van der Waals surface area contributed by atoms with Crippen LogP contribution in [0.25, 0.3) is 0 Å². The lowest BCUT2D eigenvalue weighted by atomic mass is 9.48. The van der Waals surface area contributed by atoms with E-state index in [1.807, 2.05) is 0 Å². The van der Waals surface area contributed by atoms with Crippen molar-refractivity contribution in [3.8, 4) is 5.75 Å². The first-order chi connectivity index (χ1) is 13.9. The Morgan fingerprint density at radius 2 is 1.90 bits per heavy atom. The van der Waals surface area contributed by atoms with E-state index < -0.39 is 0 Å². The average Bonchev–Trinajstić information content (AvgIpc) is 2.68. The van der Waals surface area contributed by atoms with E-state index >= 15 is 0 Å². The van der Waals surface area contributed by atoms with Gasteiger partial charge in [0.2, 0.25) is 5.91 Å². The number of ether oxygens (including phenoxy) is 2. The topological polar surface area (TPSA) is 64.6 Å². The standard InChI is InChI=1S/C22H27Cl2NO4/c1-28-21(27)22-10-13-7-14(11-22)20(15(8-13)12-22)25-19(26)3-2-6-29-18-5-4-16(23)9-17(18)24/h4-5,9,13-15,20H,2-3,6-8,10-12H2,1H3,(H,25,26). The Morgan fingerprint density at radius 3 is 2.55 bits per heavy atom. The zero-order valence-electron chi connectivity index (χ0n) is 16.6. The highest BCUT2D eigenvalue weighted by molar-refractivity contribution is 6.35. The lowest BCUT2D eigenvalue weighted by Gasteiger charge is -2.58. The number of rotatable bonds is 7. The highest BCUT2D eigenvalue weighted by Crippen LogP contribution is 2.60. The van der Waals surface area contributed by atoms with Gasteiger partial charge in [0.1, 0.15) is 5.75 Å². The van der Waals surface area contributed by atoms with Gasteiger partial charge in [0.15, 0.2) is 0 Å². The average molecular weight is 440 g/mol. The minimum Gasteiger partial charge on any atom is -0.492 e. The predicted octanol–water partition coefficient (Wildman–Crippen LogP) is 4.64. The summed E-state index contributed by atoms with van der Waals surface area (Å²) < 4.78 is 10.8. The van der Waals surface area contributed by atoms with Gasteiger partial charge in [-0.05, 0) is 74.5 Å². The van der Waals surface area contributed by atoms with E-state index in [4.69, 9.17) is 32.7 Å². The first-order valence-corrected chi connectivity index (χ1v) is 11.1. The Hall–Kier alpha value is -1.46. The summed E-state index contributed by atoms with van der Waals surface area (Å²) in [6.45, 7) is 0.416. The summed E-state index contributed by atoms with van der Waals surface area (Å²) in [7, 11) is 1.49. The van der Waals surface area contributed by atoms with Crippen LogP contribution in [-0.4, -0.2) is 31.6 Å². The van der Waals surface area contributed by atoms with Crippen LogP contribution in [0.2, 0.25) is 10.0 Å². The lowest BCUT2D eigenvalue weighted by Crippen LogP contribution is -2.61. The van der Waals surface area contributed by atoms with Crippen molar-refractivity contribution in [2.75, 3.05) is 13.7 Å². The van der Waals surface area contributed by atoms with Gasteiger partial charge in [-0.1, -0.05) is 23.2 Å². The van der Waals surface area contributed by atoms with Crippen LogP contribution in [0.5, 0.6) is 5.75 Å². The molecule has 2 unspecified atom stereocenters. The maximum Gasteiger partial charge on any atom is 0.311 e. The van der Waals surface area contributed by atoms with Crippen LogP contribution in [0, 0.1) is 23.2 Å². The van der Waals surface area contributed by atoms with Crippen molar-refractivity contribution in [1.29, 1.82) is 0 Å². The summed E-state index contributed by atoms with van der Waals surface area (Å²) in [6.07, 6.45) is 5.88. The summed E-state index contributed by atoms with van der Waals surface area (Å²) in [5, 5.41) is 4.29. The van der Waals surface area contributed by atoms with Gasteiger partial charge in [-0.3, -0.25) is 9.59 Å². The Bertz CT molecular complexity index is 783. The molecule has 5 nitrogen and oxygen atoms in total. The third-order valence-corrected chi connectivity index (χ3v) is 7.45. The largest absolute Gasteiger partial charge is 0.492 e. The quantitative estimate of drug-likeness (QED) is 0.496. The molecule has 1 N–H and O–H groups in total. The normalized spacial score (nSPS) is 32.1. The number of carbonyl (C=O) groups excluding carboxylic acids is 2. The molecule has 1 amide bonds. The fourth-order valence-electron chi connectivity index (χ4n) is 5.99. The molecular formula is C22H27Cl2NO4. The van der Waals surface area contributed by atoms with Crippen LogP contribution in [0.1, 0.15) is 44.9 Å². The number of esters is 1. The van der Waals surface area contributed by atoms with Crippen molar-refractivity contribution < 1.29 is 19.1 Å². The van der Waals surface area contributed by atoms with Crippen molar-refractivity contribution in [2.24, 2.45) is 23.2 Å². The summed E-state index contributed by atoms with van der Waals surface area (Å²) >= 11 is 12.0. The lowest BCUT2D eigenvalue weighted by molar-refractivity contribution is -0.171. The predicted molar refractivity (Wildman–Crippen MR) is 111 cm³/mol. The van der Waals surface area contributed by atoms with Crippen molar-refractivity contribution >= 4 is 35.1 Å². The molecule has 2 atom stereocenters. The number of amides is 1. The monoisotopic (exact) mass is 439 g/mol. The Morgan fingerprint density at radius 1 is 1.17 bits per heavy atom. The second-order valence-corrected chi connectivity index (χ2v) is 9.71. The Kier molecular flexibility index (Phi) is 5.99. The molecule has 29 heavy (non-hydrogen) atoms. The third-order valence-electron chi connectivity index (χ3n) is 6.92. The van der Waals surface area contributed by atoms with Crippen LogP contribution in [-0.2, 0) is 14.3 Å². The number of benzene rings is 1. The van der Waals surface area contributed by atoms with E-state index in [1.54, 1.807) is 18.2 Å². The number of hydrogen-bond donors (Lipinski definition) is 1.